The van der Waals surface area contributed by atoms with Gasteiger partial charge in [0.25, 0.3) is 0 Å². The van der Waals surface area contributed by atoms with Gasteiger partial charge in [-0.15, -0.1) is 0 Å². The van der Waals surface area contributed by atoms with E-state index in [9.17, 15) is 18.0 Å². The number of aliphatic carboxylic acids is 2. The van der Waals surface area contributed by atoms with Gasteiger partial charge in [0.05, 0.1) is 13.0 Å². The van der Waals surface area contributed by atoms with Crippen LogP contribution < -0.4 is 10.1 Å². The molecule has 1 aromatic carbocycles. The molecule has 1 aromatic rings. The Morgan fingerprint density at radius 3 is 2.30 bits per heavy atom. The first-order valence-corrected chi connectivity index (χ1v) is 10.1. The second-order valence-corrected chi connectivity index (χ2v) is 6.71. The van der Waals surface area contributed by atoms with Crippen molar-refractivity contribution in [3.05, 3.63) is 29.8 Å². The van der Waals surface area contributed by atoms with Crippen molar-refractivity contribution in [3.8, 4) is 5.75 Å². The van der Waals surface area contributed by atoms with Gasteiger partial charge >= 0.3 is 18.1 Å². The largest absolute Gasteiger partial charge is 0.494 e. The van der Waals surface area contributed by atoms with Gasteiger partial charge in [-0.25, -0.2) is 4.79 Å². The molecule has 9 heteroatoms. The first kappa shape index (κ1) is 27.7. The van der Waals surface area contributed by atoms with Crippen LogP contribution in [0.15, 0.2) is 24.3 Å². The topological polar surface area (TPSA) is 95.9 Å². The van der Waals surface area contributed by atoms with Gasteiger partial charge in [-0.2, -0.15) is 13.2 Å². The Morgan fingerprint density at radius 1 is 1.03 bits per heavy atom. The average molecular weight is 435 g/mol. The number of rotatable bonds is 14. The molecule has 0 unspecified atom stereocenters. The summed E-state index contributed by atoms with van der Waals surface area (Å²) >= 11 is 0. The summed E-state index contributed by atoms with van der Waals surface area (Å²) in [5, 5.41) is 18.8. The second-order valence-electron chi connectivity index (χ2n) is 6.71. The van der Waals surface area contributed by atoms with Crippen LogP contribution >= 0.6 is 0 Å². The van der Waals surface area contributed by atoms with Crippen molar-refractivity contribution < 1.29 is 37.7 Å². The van der Waals surface area contributed by atoms with Gasteiger partial charge in [0, 0.05) is 6.54 Å². The fraction of sp³-hybridized carbons (Fsp3) is 0.619. The number of benzene rings is 1. The van der Waals surface area contributed by atoms with Crippen molar-refractivity contribution >= 4 is 11.9 Å². The van der Waals surface area contributed by atoms with Crippen LogP contribution in [0, 0.1) is 0 Å². The van der Waals surface area contributed by atoms with Gasteiger partial charge in [0.2, 0.25) is 0 Å². The zero-order chi connectivity index (χ0) is 22.8. The van der Waals surface area contributed by atoms with Gasteiger partial charge in [-0.1, -0.05) is 44.7 Å². The van der Waals surface area contributed by atoms with Crippen LogP contribution in [0.4, 0.5) is 13.2 Å². The molecule has 0 aliphatic carbocycles. The van der Waals surface area contributed by atoms with Crippen LogP contribution in [-0.2, 0) is 16.0 Å². The lowest BCUT2D eigenvalue weighted by Crippen LogP contribution is -2.21. The predicted molar refractivity (Wildman–Crippen MR) is 108 cm³/mol. The Morgan fingerprint density at radius 2 is 1.70 bits per heavy atom. The molecule has 0 saturated heterocycles. The Kier molecular flexibility index (Phi) is 15.2. The first-order chi connectivity index (χ1) is 14.2. The lowest BCUT2D eigenvalue weighted by atomic mass is 10.1. The molecule has 172 valence electrons. The van der Waals surface area contributed by atoms with E-state index in [2.05, 4.69) is 24.4 Å². The van der Waals surface area contributed by atoms with Crippen molar-refractivity contribution in [2.75, 3.05) is 19.7 Å². The number of nitrogens with one attached hydrogen (secondary N) is 1. The summed E-state index contributed by atoms with van der Waals surface area (Å²) in [4.78, 5) is 19.3. The van der Waals surface area contributed by atoms with E-state index in [1.54, 1.807) is 0 Å². The molecule has 30 heavy (non-hydrogen) atoms. The number of carbonyl (C=O) groups is 2. The van der Waals surface area contributed by atoms with Gasteiger partial charge in [0.15, 0.2) is 0 Å². The van der Waals surface area contributed by atoms with Gasteiger partial charge in [-0.3, -0.25) is 4.79 Å². The number of aryl methyl sites for hydroxylation is 1. The zero-order valence-electron chi connectivity index (χ0n) is 17.3. The lowest BCUT2D eigenvalue weighted by molar-refractivity contribution is -0.192. The van der Waals surface area contributed by atoms with E-state index in [1.165, 1.54) is 31.2 Å². The van der Waals surface area contributed by atoms with Crippen LogP contribution in [0.2, 0.25) is 0 Å². The van der Waals surface area contributed by atoms with E-state index < -0.39 is 18.1 Å². The third-order valence-corrected chi connectivity index (χ3v) is 3.99. The highest BCUT2D eigenvalue weighted by molar-refractivity contribution is 5.73. The summed E-state index contributed by atoms with van der Waals surface area (Å²) in [7, 11) is 0. The van der Waals surface area contributed by atoms with Crippen LogP contribution in [-0.4, -0.2) is 48.0 Å². The van der Waals surface area contributed by atoms with Crippen molar-refractivity contribution in [1.82, 2.24) is 5.32 Å². The monoisotopic (exact) mass is 435 g/mol. The maximum Gasteiger partial charge on any atom is 0.490 e. The molecule has 0 atom stereocenters. The molecule has 0 radical (unpaired) electrons. The molecule has 6 nitrogen and oxygen atoms in total. The van der Waals surface area contributed by atoms with E-state index in [1.807, 2.05) is 12.1 Å². The predicted octanol–water partition coefficient (Wildman–Crippen LogP) is 4.67. The average Bonchev–Trinajstić information content (AvgIpc) is 2.67. The highest BCUT2D eigenvalue weighted by atomic mass is 19.4. The van der Waals surface area contributed by atoms with Gasteiger partial charge in [0.1, 0.15) is 5.75 Å². The maximum atomic E-state index is 10.6. The normalized spacial score (nSPS) is 10.8. The van der Waals surface area contributed by atoms with Crippen molar-refractivity contribution in [2.24, 2.45) is 0 Å². The highest BCUT2D eigenvalue weighted by Crippen LogP contribution is 2.15. The van der Waals surface area contributed by atoms with Crippen molar-refractivity contribution in [1.29, 1.82) is 0 Å². The third-order valence-electron chi connectivity index (χ3n) is 3.99. The summed E-state index contributed by atoms with van der Waals surface area (Å²) in [5.74, 6) is -2.55. The van der Waals surface area contributed by atoms with Gasteiger partial charge in [-0.05, 0) is 43.5 Å². The minimum absolute atomic E-state index is 0.182. The number of hydrogen-bond donors (Lipinski definition) is 3. The quantitative estimate of drug-likeness (QED) is 0.368. The molecular formula is C21H32F3NO5. The molecule has 0 heterocycles. The summed E-state index contributed by atoms with van der Waals surface area (Å²) in [6.07, 6.45) is 3.33. The SMILES string of the molecule is CCCCCCCOc1cccc(CCCNCCC(=O)O)c1.O=C(O)C(F)(F)F. The number of halogens is 3. The zero-order valence-corrected chi connectivity index (χ0v) is 17.3. The number of alkyl halides is 3. The van der Waals surface area contributed by atoms with Crippen molar-refractivity contribution in [2.45, 2.75) is 64.5 Å². The number of carboxylic acid groups (broad SMARTS) is 2. The van der Waals surface area contributed by atoms with Crippen LogP contribution in [0.25, 0.3) is 0 Å². The number of hydrogen-bond acceptors (Lipinski definition) is 4. The molecule has 3 N–H and O–H groups in total. The van der Waals surface area contributed by atoms with E-state index in [4.69, 9.17) is 19.7 Å². The van der Waals surface area contributed by atoms with Gasteiger partial charge < -0.3 is 20.3 Å². The Balaban J connectivity index is 0.00000103. The Bertz CT molecular complexity index is 609. The second kappa shape index (κ2) is 16.5. The minimum atomic E-state index is -5.08. The molecule has 0 bridgehead atoms. The van der Waals surface area contributed by atoms with Crippen LogP contribution in [0.1, 0.15) is 57.4 Å². The summed E-state index contributed by atoms with van der Waals surface area (Å²) < 4.78 is 37.6. The summed E-state index contributed by atoms with van der Waals surface area (Å²) in [6, 6.07) is 8.29. The van der Waals surface area contributed by atoms with E-state index in [-0.39, 0.29) is 6.42 Å². The molecule has 0 spiro atoms. The minimum Gasteiger partial charge on any atom is -0.494 e. The lowest BCUT2D eigenvalue weighted by Gasteiger charge is -2.08. The smallest absolute Gasteiger partial charge is 0.490 e. The van der Waals surface area contributed by atoms with Crippen LogP contribution in [0.5, 0.6) is 5.75 Å². The number of carboxylic acids is 2. The van der Waals surface area contributed by atoms with Crippen LogP contribution in [0.3, 0.4) is 0 Å². The third kappa shape index (κ3) is 16.6. The molecular weight excluding hydrogens is 403 g/mol. The van der Waals surface area contributed by atoms with E-state index in [0.717, 1.165) is 38.2 Å². The summed E-state index contributed by atoms with van der Waals surface area (Å²) in [5.41, 5.74) is 1.27. The molecule has 0 aromatic heterocycles. The first-order valence-electron chi connectivity index (χ1n) is 10.1. The highest BCUT2D eigenvalue weighted by Gasteiger charge is 2.38. The number of unbranched alkanes of at least 4 members (excludes halogenated alkanes) is 4. The fourth-order valence-electron chi connectivity index (χ4n) is 2.42. The van der Waals surface area contributed by atoms with Crippen molar-refractivity contribution in [3.63, 3.8) is 0 Å². The Hall–Kier alpha value is -2.29. The molecule has 0 saturated carbocycles. The molecule has 0 aliphatic rings. The Labute approximate surface area is 175 Å². The maximum absolute atomic E-state index is 10.6. The molecule has 0 aliphatic heterocycles. The molecule has 1 rings (SSSR count). The van der Waals surface area contributed by atoms with E-state index in [0.29, 0.717) is 6.54 Å². The molecule has 0 amide bonds. The summed E-state index contributed by atoms with van der Waals surface area (Å²) in [6.45, 7) is 4.40. The standard InChI is InChI=1S/C19H31NO3.C2HF3O2/c1-2-3-4-5-6-15-23-18-11-7-9-17(16-18)10-8-13-20-14-12-19(21)22;3-2(4,5)1(6)7/h7,9,11,16,20H,2-6,8,10,12-15H2,1H3,(H,21,22);(H,6,7). The van der Waals surface area contributed by atoms with E-state index >= 15 is 0 Å². The molecule has 0 fully saturated rings. The number of ether oxygens (including phenoxy) is 1. The fourth-order valence-corrected chi connectivity index (χ4v) is 2.42.